The summed E-state index contributed by atoms with van der Waals surface area (Å²) in [7, 11) is 6.57. The summed E-state index contributed by atoms with van der Waals surface area (Å²) in [6.07, 6.45) is 0.147. The van der Waals surface area contributed by atoms with Gasteiger partial charge in [-0.25, -0.2) is 0 Å². The van der Waals surface area contributed by atoms with E-state index in [4.69, 9.17) is 9.47 Å². The van der Waals surface area contributed by atoms with Gasteiger partial charge in [0.2, 0.25) is 23.6 Å². The Bertz CT molecular complexity index is 1250. The highest BCUT2D eigenvalue weighted by Crippen LogP contribution is 2.30. The Hall–Kier alpha value is -3.06. The fourth-order valence-electron chi connectivity index (χ4n) is 7.42. The summed E-state index contributed by atoms with van der Waals surface area (Å²) >= 11 is 0. The van der Waals surface area contributed by atoms with E-state index in [0.29, 0.717) is 18.5 Å². The predicted molar refractivity (Wildman–Crippen MR) is 200 cm³/mol. The van der Waals surface area contributed by atoms with Crippen molar-refractivity contribution >= 4 is 23.6 Å². The first kappa shape index (κ1) is 44.1. The quantitative estimate of drug-likeness (QED) is 0.160. The second-order valence-electron chi connectivity index (χ2n) is 15.0. The average Bonchev–Trinajstić information content (AvgIpc) is 3.59. The van der Waals surface area contributed by atoms with Crippen molar-refractivity contribution in [3.63, 3.8) is 0 Å². The first-order valence-corrected chi connectivity index (χ1v) is 18.7. The van der Waals surface area contributed by atoms with Crippen molar-refractivity contribution in [1.29, 1.82) is 0 Å². The molecule has 1 fully saturated rings. The van der Waals surface area contributed by atoms with E-state index >= 15 is 0 Å². The highest BCUT2D eigenvalue weighted by molar-refractivity contribution is 5.90. The zero-order valence-corrected chi connectivity index (χ0v) is 33.1. The number of likely N-dealkylation sites (N-methyl/N-ethyl adjacent to an activating group) is 2. The second-order valence-corrected chi connectivity index (χ2v) is 15.0. The molecule has 0 aromatic heterocycles. The summed E-state index contributed by atoms with van der Waals surface area (Å²) in [5.74, 6) is -1.62. The number of benzene rings is 1. The Morgan fingerprint density at radius 3 is 2.04 bits per heavy atom. The van der Waals surface area contributed by atoms with Crippen LogP contribution in [0, 0.1) is 23.7 Å². The fourth-order valence-corrected chi connectivity index (χ4v) is 7.42. The van der Waals surface area contributed by atoms with E-state index in [0.717, 1.165) is 12.8 Å². The predicted octanol–water partition coefficient (Wildman–Crippen LogP) is 3.53. The van der Waals surface area contributed by atoms with Crippen LogP contribution >= 0.6 is 0 Å². The smallest absolute Gasteiger partial charge is 0.245 e. The van der Waals surface area contributed by atoms with Crippen molar-refractivity contribution < 1.29 is 33.8 Å². The lowest BCUT2D eigenvalue weighted by Gasteiger charge is -2.41. The lowest BCUT2D eigenvalue weighted by Crippen LogP contribution is -2.59. The molecule has 4 unspecified atom stereocenters. The molecule has 51 heavy (non-hydrogen) atoms. The van der Waals surface area contributed by atoms with Gasteiger partial charge in [0, 0.05) is 27.8 Å². The number of ether oxygens (including phenoxy) is 2. The van der Waals surface area contributed by atoms with E-state index in [-0.39, 0.29) is 53.8 Å². The van der Waals surface area contributed by atoms with Gasteiger partial charge in [-0.15, -0.1) is 0 Å². The van der Waals surface area contributed by atoms with Crippen LogP contribution in [-0.4, -0.2) is 116 Å². The largest absolute Gasteiger partial charge is 0.386 e. The van der Waals surface area contributed by atoms with Gasteiger partial charge in [0.1, 0.15) is 6.04 Å². The van der Waals surface area contributed by atoms with E-state index in [2.05, 4.69) is 16.0 Å². The van der Waals surface area contributed by atoms with Crippen molar-refractivity contribution in [2.75, 3.05) is 34.9 Å². The van der Waals surface area contributed by atoms with Gasteiger partial charge in [-0.2, -0.15) is 0 Å². The third-order valence-corrected chi connectivity index (χ3v) is 10.7. The molecule has 12 nitrogen and oxygen atoms in total. The van der Waals surface area contributed by atoms with Crippen molar-refractivity contribution in [1.82, 2.24) is 25.8 Å². The first-order chi connectivity index (χ1) is 24.0. The van der Waals surface area contributed by atoms with Gasteiger partial charge >= 0.3 is 0 Å². The van der Waals surface area contributed by atoms with Crippen molar-refractivity contribution in [2.45, 2.75) is 130 Å². The minimum atomic E-state index is -0.875. The van der Waals surface area contributed by atoms with Crippen LogP contribution in [0.1, 0.15) is 92.7 Å². The normalized spacial score (nSPS) is 20.1. The van der Waals surface area contributed by atoms with Crippen molar-refractivity contribution in [3.05, 3.63) is 35.9 Å². The number of hydrogen-bond acceptors (Lipinski definition) is 8. The molecule has 10 atom stereocenters. The maximum atomic E-state index is 14.1. The van der Waals surface area contributed by atoms with E-state index in [9.17, 15) is 24.3 Å². The number of aliphatic hydroxyl groups is 1. The van der Waals surface area contributed by atoms with Crippen LogP contribution in [0.15, 0.2) is 30.3 Å². The van der Waals surface area contributed by atoms with E-state index in [1.807, 2.05) is 71.9 Å². The highest BCUT2D eigenvalue weighted by atomic mass is 16.5. The van der Waals surface area contributed by atoms with Crippen LogP contribution in [0.4, 0.5) is 0 Å². The monoisotopic (exact) mass is 718 g/mol. The molecule has 1 aliphatic rings. The van der Waals surface area contributed by atoms with Gasteiger partial charge < -0.3 is 40.3 Å². The Morgan fingerprint density at radius 1 is 0.922 bits per heavy atom. The molecule has 1 aromatic carbocycles. The Kier molecular flexibility index (Phi) is 18.0. The molecule has 1 aromatic rings. The third kappa shape index (κ3) is 11.5. The average molecular weight is 718 g/mol. The zero-order valence-electron chi connectivity index (χ0n) is 33.1. The number of methoxy groups -OCH3 is 2. The van der Waals surface area contributed by atoms with Crippen molar-refractivity contribution in [3.8, 4) is 0 Å². The van der Waals surface area contributed by atoms with E-state index in [1.54, 1.807) is 52.0 Å². The number of amides is 4. The molecule has 290 valence electrons. The lowest BCUT2D eigenvalue weighted by atomic mass is 9.89. The van der Waals surface area contributed by atoms with Crippen molar-refractivity contribution in [2.24, 2.45) is 23.7 Å². The highest BCUT2D eigenvalue weighted by Gasteiger charge is 2.43. The third-order valence-electron chi connectivity index (χ3n) is 10.7. The summed E-state index contributed by atoms with van der Waals surface area (Å²) in [6.45, 7) is 15.9. The number of nitrogens with zero attached hydrogens (tertiary/aromatic N) is 2. The Labute approximate surface area is 306 Å². The number of likely N-dealkylation sites (tertiary alicyclic amines) is 1. The summed E-state index contributed by atoms with van der Waals surface area (Å²) < 4.78 is 11.9. The zero-order chi connectivity index (χ0) is 38.6. The molecule has 1 saturated heterocycles. The minimum absolute atomic E-state index is 0.0148. The topological polar surface area (TPSA) is 150 Å². The van der Waals surface area contributed by atoms with Crippen LogP contribution < -0.4 is 16.0 Å². The van der Waals surface area contributed by atoms with E-state index in [1.165, 1.54) is 0 Å². The molecule has 1 heterocycles. The number of aliphatic hydroxyl groups excluding tert-OH is 1. The number of rotatable bonds is 20. The molecule has 0 radical (unpaired) electrons. The number of carbonyl (C=O) groups is 4. The maximum Gasteiger partial charge on any atom is 0.245 e. The lowest BCUT2D eigenvalue weighted by molar-refractivity contribution is -0.148. The first-order valence-electron chi connectivity index (χ1n) is 18.7. The van der Waals surface area contributed by atoms with Crippen LogP contribution in [-0.2, 0) is 28.7 Å². The van der Waals surface area contributed by atoms with Crippen LogP contribution in [0.25, 0.3) is 0 Å². The molecule has 0 spiro atoms. The Balaban J connectivity index is 2.24. The molecule has 4 N–H and O–H groups in total. The summed E-state index contributed by atoms with van der Waals surface area (Å²) in [4.78, 5) is 58.3. The molecule has 0 bridgehead atoms. The number of nitrogens with one attached hydrogen (secondary N) is 3. The van der Waals surface area contributed by atoms with Gasteiger partial charge in [0.05, 0.1) is 54.8 Å². The van der Waals surface area contributed by atoms with Gasteiger partial charge in [-0.3, -0.25) is 19.2 Å². The summed E-state index contributed by atoms with van der Waals surface area (Å²) in [5.41, 5.74) is 0.711. The van der Waals surface area contributed by atoms with Crippen LogP contribution in [0.3, 0.4) is 0 Å². The maximum absolute atomic E-state index is 14.1. The number of carbonyl (C=O) groups excluding carboxylic acids is 4. The molecule has 2 rings (SSSR count). The van der Waals surface area contributed by atoms with Gasteiger partial charge in [-0.05, 0) is 50.1 Å². The fraction of sp³-hybridized carbons (Fsp3) is 0.744. The standard InChI is InChI=1S/C39H67N5O7/c1-13-25(6)34(43(10)39(49)33(24(4)5)42-38(48)32(40-9)23(2)3)30(50-11)22-31(45)44-21-17-20-29(44)36(51-12)26(7)37(47)41-27(8)35(46)28-18-15-14-16-19-28/h14-16,18-19,23-27,29-30,32-36,40,46H,13,17,20-22H2,1-12H3,(H,41,47)(H,42,48)/t25-,26+,27+,29?,30?,32?,33?,34-,35+,36+/m0/s1. The Morgan fingerprint density at radius 2 is 1.53 bits per heavy atom. The molecular formula is C39H67N5O7. The SMILES string of the molecule is CC[C@H](C)[C@@H](C(CC(=O)N1CCCC1[C@H](OC)[C@@H](C)C(=O)N[C@H](C)[C@@H](O)c1ccccc1)OC)N(C)C(=O)C(NC(=O)C(NC)C(C)C)C(C)C. The van der Waals surface area contributed by atoms with Gasteiger partial charge in [0.25, 0.3) is 0 Å². The summed E-state index contributed by atoms with van der Waals surface area (Å²) in [6, 6.07) is 6.67. The number of hydrogen-bond donors (Lipinski definition) is 4. The molecule has 4 amide bonds. The van der Waals surface area contributed by atoms with Crippen LogP contribution in [0.5, 0.6) is 0 Å². The minimum Gasteiger partial charge on any atom is -0.386 e. The second kappa shape index (κ2) is 20.8. The molecule has 0 saturated carbocycles. The molecule has 0 aliphatic carbocycles. The molecule has 1 aliphatic heterocycles. The molecular weight excluding hydrogens is 650 g/mol. The van der Waals surface area contributed by atoms with Gasteiger partial charge in [-0.1, -0.05) is 85.2 Å². The molecule has 12 heteroatoms. The van der Waals surface area contributed by atoms with E-state index < -0.39 is 48.4 Å². The summed E-state index contributed by atoms with van der Waals surface area (Å²) in [5, 5.41) is 19.8. The van der Waals surface area contributed by atoms with Crippen LogP contribution in [0.2, 0.25) is 0 Å². The van der Waals surface area contributed by atoms with Gasteiger partial charge in [0.15, 0.2) is 0 Å².